The van der Waals surface area contributed by atoms with Gasteiger partial charge in [-0.15, -0.1) is 0 Å². The van der Waals surface area contributed by atoms with E-state index in [0.29, 0.717) is 6.61 Å². The number of aromatic nitrogens is 2. The molecule has 4 nitrogen and oxygen atoms in total. The Morgan fingerprint density at radius 3 is 2.90 bits per heavy atom. The first-order valence-corrected chi connectivity index (χ1v) is 7.57. The molecular formula is C17H21N3O. The zero-order valence-corrected chi connectivity index (χ0v) is 12.6. The van der Waals surface area contributed by atoms with Crippen LogP contribution in [0.1, 0.15) is 30.2 Å². The van der Waals surface area contributed by atoms with E-state index in [1.807, 2.05) is 12.1 Å². The van der Waals surface area contributed by atoms with E-state index < -0.39 is 0 Å². The van der Waals surface area contributed by atoms with Crippen LogP contribution < -0.4 is 5.32 Å². The van der Waals surface area contributed by atoms with Gasteiger partial charge in [-0.05, 0) is 18.9 Å². The van der Waals surface area contributed by atoms with Crippen LogP contribution in [0.2, 0.25) is 0 Å². The lowest BCUT2D eigenvalue weighted by Gasteiger charge is -2.20. The van der Waals surface area contributed by atoms with Crippen LogP contribution >= 0.6 is 0 Å². The Hall–Kier alpha value is -1.94. The molecule has 1 aromatic carbocycles. The van der Waals surface area contributed by atoms with Crippen LogP contribution in [-0.2, 0) is 17.8 Å². The standard InChI is InChI=1S/C17H21N3O/c1-3-9-18-16-14-11-21-10-8-15(14)19-17(20-16)13-7-5-4-6-12(13)2/h4-7H,3,8-11H2,1-2H3,(H,18,19,20). The van der Waals surface area contributed by atoms with Gasteiger partial charge in [0.15, 0.2) is 5.82 Å². The first-order chi connectivity index (χ1) is 10.3. The fraction of sp³-hybridized carbons (Fsp3) is 0.412. The van der Waals surface area contributed by atoms with Crippen LogP contribution in [-0.4, -0.2) is 23.1 Å². The zero-order valence-electron chi connectivity index (χ0n) is 12.6. The molecule has 1 N–H and O–H groups in total. The third-order valence-electron chi connectivity index (χ3n) is 3.75. The molecule has 4 heteroatoms. The number of nitrogens with zero attached hydrogens (tertiary/aromatic N) is 2. The molecule has 0 atom stereocenters. The van der Waals surface area contributed by atoms with E-state index in [1.54, 1.807) is 0 Å². The van der Waals surface area contributed by atoms with Gasteiger partial charge in [0.25, 0.3) is 0 Å². The smallest absolute Gasteiger partial charge is 0.162 e. The summed E-state index contributed by atoms with van der Waals surface area (Å²) in [5.74, 6) is 1.74. The van der Waals surface area contributed by atoms with Crippen LogP contribution in [0.25, 0.3) is 11.4 Å². The van der Waals surface area contributed by atoms with Crippen LogP contribution in [0.15, 0.2) is 24.3 Å². The molecule has 0 saturated heterocycles. The molecule has 0 saturated carbocycles. The summed E-state index contributed by atoms with van der Waals surface area (Å²) in [5, 5.41) is 3.42. The fourth-order valence-corrected chi connectivity index (χ4v) is 2.57. The zero-order chi connectivity index (χ0) is 14.7. The number of aryl methyl sites for hydroxylation is 1. The Labute approximate surface area is 125 Å². The Morgan fingerprint density at radius 1 is 1.24 bits per heavy atom. The summed E-state index contributed by atoms with van der Waals surface area (Å²) in [4.78, 5) is 9.53. The van der Waals surface area contributed by atoms with Gasteiger partial charge >= 0.3 is 0 Å². The Bertz CT molecular complexity index is 640. The van der Waals surface area contributed by atoms with Gasteiger partial charge in [0.1, 0.15) is 5.82 Å². The number of ether oxygens (including phenoxy) is 1. The van der Waals surface area contributed by atoms with E-state index in [9.17, 15) is 0 Å². The monoisotopic (exact) mass is 283 g/mol. The summed E-state index contributed by atoms with van der Waals surface area (Å²) in [6, 6.07) is 8.26. The van der Waals surface area contributed by atoms with Crippen molar-refractivity contribution in [1.82, 2.24) is 9.97 Å². The molecule has 2 aromatic rings. The molecule has 0 radical (unpaired) electrons. The maximum atomic E-state index is 5.57. The molecule has 2 heterocycles. The molecule has 0 unspecified atom stereocenters. The van der Waals surface area contributed by atoms with Crippen molar-refractivity contribution in [2.45, 2.75) is 33.3 Å². The SMILES string of the molecule is CCCNc1nc(-c2ccccc2C)nc2c1COCC2. The summed E-state index contributed by atoms with van der Waals surface area (Å²) >= 11 is 0. The number of benzene rings is 1. The third-order valence-corrected chi connectivity index (χ3v) is 3.75. The van der Waals surface area contributed by atoms with Gasteiger partial charge in [0.2, 0.25) is 0 Å². The minimum Gasteiger partial charge on any atom is -0.376 e. The van der Waals surface area contributed by atoms with Crippen molar-refractivity contribution < 1.29 is 4.74 Å². The van der Waals surface area contributed by atoms with E-state index >= 15 is 0 Å². The largest absolute Gasteiger partial charge is 0.376 e. The molecule has 1 aliphatic heterocycles. The lowest BCUT2D eigenvalue weighted by atomic mass is 10.1. The van der Waals surface area contributed by atoms with E-state index in [4.69, 9.17) is 14.7 Å². The van der Waals surface area contributed by atoms with Gasteiger partial charge in [0, 0.05) is 24.1 Å². The molecule has 0 spiro atoms. The van der Waals surface area contributed by atoms with Crippen LogP contribution in [0.3, 0.4) is 0 Å². The predicted octanol–water partition coefficient (Wildman–Crippen LogP) is 3.35. The highest BCUT2D eigenvalue weighted by molar-refractivity contribution is 5.63. The second kappa shape index (κ2) is 6.22. The summed E-state index contributed by atoms with van der Waals surface area (Å²) in [6.45, 7) is 6.51. The first kappa shape index (κ1) is 14.0. The summed E-state index contributed by atoms with van der Waals surface area (Å²) < 4.78 is 5.57. The summed E-state index contributed by atoms with van der Waals surface area (Å²) in [7, 11) is 0. The summed E-state index contributed by atoms with van der Waals surface area (Å²) in [6.07, 6.45) is 1.93. The molecule has 1 aromatic heterocycles. The molecular weight excluding hydrogens is 262 g/mol. The number of hydrogen-bond acceptors (Lipinski definition) is 4. The van der Waals surface area contributed by atoms with E-state index in [0.717, 1.165) is 54.5 Å². The predicted molar refractivity (Wildman–Crippen MR) is 84.3 cm³/mol. The van der Waals surface area contributed by atoms with Crippen molar-refractivity contribution in [2.24, 2.45) is 0 Å². The molecule has 0 fully saturated rings. The molecule has 0 aliphatic carbocycles. The highest BCUT2D eigenvalue weighted by atomic mass is 16.5. The Balaban J connectivity index is 2.07. The van der Waals surface area contributed by atoms with E-state index in [1.165, 1.54) is 5.56 Å². The number of nitrogens with one attached hydrogen (secondary N) is 1. The molecule has 1 aliphatic rings. The normalized spacial score (nSPS) is 13.8. The quantitative estimate of drug-likeness (QED) is 0.934. The fourth-order valence-electron chi connectivity index (χ4n) is 2.57. The second-order valence-electron chi connectivity index (χ2n) is 5.37. The lowest BCUT2D eigenvalue weighted by molar-refractivity contribution is 0.109. The van der Waals surface area contributed by atoms with Crippen molar-refractivity contribution in [2.75, 3.05) is 18.5 Å². The van der Waals surface area contributed by atoms with Crippen LogP contribution in [0, 0.1) is 6.92 Å². The number of rotatable bonds is 4. The highest BCUT2D eigenvalue weighted by Gasteiger charge is 2.19. The van der Waals surface area contributed by atoms with Gasteiger partial charge in [-0.2, -0.15) is 0 Å². The lowest BCUT2D eigenvalue weighted by Crippen LogP contribution is -2.17. The maximum absolute atomic E-state index is 5.57. The van der Waals surface area contributed by atoms with Gasteiger partial charge < -0.3 is 10.1 Å². The van der Waals surface area contributed by atoms with Crippen molar-refractivity contribution >= 4 is 5.82 Å². The Kier molecular flexibility index (Phi) is 4.15. The average molecular weight is 283 g/mol. The molecule has 21 heavy (non-hydrogen) atoms. The average Bonchev–Trinajstić information content (AvgIpc) is 2.53. The van der Waals surface area contributed by atoms with Crippen LogP contribution in [0.4, 0.5) is 5.82 Å². The molecule has 0 amide bonds. The number of hydrogen-bond donors (Lipinski definition) is 1. The topological polar surface area (TPSA) is 47.0 Å². The molecule has 110 valence electrons. The van der Waals surface area contributed by atoms with Crippen molar-refractivity contribution in [1.29, 1.82) is 0 Å². The minimum atomic E-state index is 0.607. The van der Waals surface area contributed by atoms with Crippen molar-refractivity contribution in [3.63, 3.8) is 0 Å². The van der Waals surface area contributed by atoms with E-state index in [-0.39, 0.29) is 0 Å². The second-order valence-corrected chi connectivity index (χ2v) is 5.37. The first-order valence-electron chi connectivity index (χ1n) is 7.57. The van der Waals surface area contributed by atoms with Crippen molar-refractivity contribution in [3.05, 3.63) is 41.1 Å². The van der Waals surface area contributed by atoms with Gasteiger partial charge in [-0.3, -0.25) is 0 Å². The van der Waals surface area contributed by atoms with Crippen LogP contribution in [0.5, 0.6) is 0 Å². The third kappa shape index (κ3) is 2.90. The number of anilines is 1. The van der Waals surface area contributed by atoms with Gasteiger partial charge in [-0.1, -0.05) is 31.2 Å². The summed E-state index contributed by atoms with van der Waals surface area (Å²) in [5.41, 5.74) is 4.54. The maximum Gasteiger partial charge on any atom is 0.162 e. The molecule has 0 bridgehead atoms. The van der Waals surface area contributed by atoms with Gasteiger partial charge in [-0.25, -0.2) is 9.97 Å². The highest BCUT2D eigenvalue weighted by Crippen LogP contribution is 2.27. The van der Waals surface area contributed by atoms with Gasteiger partial charge in [0.05, 0.1) is 18.9 Å². The Morgan fingerprint density at radius 2 is 2.10 bits per heavy atom. The number of fused-ring (bicyclic) bond motifs is 1. The molecule has 3 rings (SSSR count). The van der Waals surface area contributed by atoms with Crippen molar-refractivity contribution in [3.8, 4) is 11.4 Å². The van der Waals surface area contributed by atoms with E-state index in [2.05, 4.69) is 31.3 Å². The minimum absolute atomic E-state index is 0.607.